The van der Waals surface area contributed by atoms with Crippen LogP contribution in [0.15, 0.2) is 66.9 Å². The monoisotopic (exact) mass is 414 g/mol. The van der Waals surface area contributed by atoms with Crippen LogP contribution in [-0.2, 0) is 11.2 Å². The molecule has 1 fully saturated rings. The summed E-state index contributed by atoms with van der Waals surface area (Å²) in [6, 6.07) is 15.0. The molecule has 1 N–H and O–H groups in total. The molecular weight excluding hydrogens is 388 g/mol. The fourth-order valence-corrected chi connectivity index (χ4v) is 3.81. The second-order valence-electron chi connectivity index (χ2n) is 7.94. The van der Waals surface area contributed by atoms with Crippen LogP contribution in [0.1, 0.15) is 35.9 Å². The number of carbonyl (C=O) groups is 2. The van der Waals surface area contributed by atoms with Crippen LogP contribution < -0.4 is 5.32 Å². The van der Waals surface area contributed by atoms with E-state index < -0.39 is 0 Å². The minimum atomic E-state index is -0.195. The zero-order valence-corrected chi connectivity index (χ0v) is 17.7. The molecule has 1 aliphatic heterocycles. The Kier molecular flexibility index (Phi) is 6.07. The van der Waals surface area contributed by atoms with Gasteiger partial charge in [0.2, 0.25) is 0 Å². The molecule has 6 nitrogen and oxygen atoms in total. The molecule has 0 bridgehead atoms. The van der Waals surface area contributed by atoms with E-state index in [0.717, 1.165) is 36.1 Å². The van der Waals surface area contributed by atoms with Crippen molar-refractivity contribution in [2.45, 2.75) is 26.2 Å². The average Bonchev–Trinajstić information content (AvgIpc) is 3.26. The van der Waals surface area contributed by atoms with Gasteiger partial charge in [0.1, 0.15) is 5.82 Å². The van der Waals surface area contributed by atoms with E-state index in [9.17, 15) is 9.59 Å². The van der Waals surface area contributed by atoms with Crippen molar-refractivity contribution >= 4 is 28.4 Å². The van der Waals surface area contributed by atoms with Crippen molar-refractivity contribution in [1.29, 1.82) is 0 Å². The molecular formula is C25H26N4O2. The second-order valence-corrected chi connectivity index (χ2v) is 7.94. The van der Waals surface area contributed by atoms with Gasteiger partial charge in [0.25, 0.3) is 11.8 Å². The summed E-state index contributed by atoms with van der Waals surface area (Å²) in [6.07, 6.45) is 4.17. The Labute approximate surface area is 182 Å². The minimum Gasteiger partial charge on any atom is -0.338 e. The van der Waals surface area contributed by atoms with Gasteiger partial charge in [0.05, 0.1) is 5.52 Å². The van der Waals surface area contributed by atoms with Crippen LogP contribution in [0.25, 0.3) is 10.9 Å². The number of benzene rings is 2. The molecule has 3 aromatic rings. The molecule has 1 aromatic heterocycles. The molecule has 1 atom stereocenters. The first kappa shape index (κ1) is 20.7. The summed E-state index contributed by atoms with van der Waals surface area (Å²) in [5.74, 6) is 0.994. The Bertz CT molecular complexity index is 1120. The maximum atomic E-state index is 12.9. The number of hydrogen-bond donors (Lipinski definition) is 1. The first-order chi connectivity index (χ1) is 15.0. The lowest BCUT2D eigenvalue weighted by Gasteiger charge is -2.17. The molecule has 31 heavy (non-hydrogen) atoms. The fourth-order valence-electron chi connectivity index (χ4n) is 3.81. The zero-order valence-electron chi connectivity index (χ0n) is 17.7. The highest BCUT2D eigenvalue weighted by Crippen LogP contribution is 2.23. The largest absolute Gasteiger partial charge is 0.338 e. The zero-order chi connectivity index (χ0) is 21.8. The molecule has 0 unspecified atom stereocenters. The van der Waals surface area contributed by atoms with Crippen molar-refractivity contribution in [1.82, 2.24) is 14.9 Å². The van der Waals surface area contributed by atoms with E-state index in [0.29, 0.717) is 35.7 Å². The third kappa shape index (κ3) is 4.79. The number of fused-ring (bicyclic) bond motifs is 1. The smallest absolute Gasteiger partial charge is 0.253 e. The molecule has 4 rings (SSSR count). The van der Waals surface area contributed by atoms with Gasteiger partial charge in [-0.3, -0.25) is 9.59 Å². The number of anilines is 1. The average molecular weight is 415 g/mol. The number of carbonyl (C=O) groups excluding carboxylic acids is 2. The number of nitrogens with one attached hydrogen (secondary N) is 1. The topological polar surface area (TPSA) is 75.2 Å². The molecule has 1 saturated heterocycles. The summed E-state index contributed by atoms with van der Waals surface area (Å²) in [7, 11) is 0. The number of amides is 2. The predicted molar refractivity (Wildman–Crippen MR) is 122 cm³/mol. The summed E-state index contributed by atoms with van der Waals surface area (Å²) in [4.78, 5) is 35.9. The third-order valence-electron chi connectivity index (χ3n) is 5.72. The van der Waals surface area contributed by atoms with Gasteiger partial charge in [0.15, 0.2) is 0 Å². The SMILES string of the molecule is C=C(CC)C(=O)Nc1ccc(C(=O)N2CC[C@@H](Cc3ncc4ccccc4n3)C2)cc1. The summed E-state index contributed by atoms with van der Waals surface area (Å²) >= 11 is 0. The van der Waals surface area contributed by atoms with Crippen molar-refractivity contribution in [2.75, 3.05) is 18.4 Å². The van der Waals surface area contributed by atoms with Crippen LogP contribution in [0, 0.1) is 5.92 Å². The van der Waals surface area contributed by atoms with E-state index >= 15 is 0 Å². The molecule has 0 spiro atoms. The number of para-hydroxylation sites is 1. The Hall–Kier alpha value is -3.54. The number of nitrogens with zero attached hydrogens (tertiary/aromatic N) is 3. The highest BCUT2D eigenvalue weighted by molar-refractivity contribution is 6.03. The van der Waals surface area contributed by atoms with E-state index in [1.807, 2.05) is 42.3 Å². The number of aromatic nitrogens is 2. The first-order valence-corrected chi connectivity index (χ1v) is 10.6. The first-order valence-electron chi connectivity index (χ1n) is 10.6. The lowest BCUT2D eigenvalue weighted by molar-refractivity contribution is -0.112. The van der Waals surface area contributed by atoms with Gasteiger partial charge in [-0.15, -0.1) is 0 Å². The molecule has 0 radical (unpaired) electrons. The highest BCUT2D eigenvalue weighted by atomic mass is 16.2. The van der Waals surface area contributed by atoms with Crippen LogP contribution >= 0.6 is 0 Å². The Morgan fingerprint density at radius 1 is 1.16 bits per heavy atom. The lowest BCUT2D eigenvalue weighted by Crippen LogP contribution is -2.29. The van der Waals surface area contributed by atoms with Crippen LogP contribution in [0.2, 0.25) is 0 Å². The predicted octanol–water partition coefficient (Wildman–Crippen LogP) is 4.24. The van der Waals surface area contributed by atoms with Crippen molar-refractivity contribution in [3.05, 3.63) is 78.3 Å². The van der Waals surface area contributed by atoms with Gasteiger partial charge in [-0.2, -0.15) is 0 Å². The Morgan fingerprint density at radius 2 is 1.94 bits per heavy atom. The molecule has 0 aliphatic carbocycles. The minimum absolute atomic E-state index is 0.0118. The van der Waals surface area contributed by atoms with Crippen LogP contribution in [-0.4, -0.2) is 39.8 Å². The molecule has 1 aliphatic rings. The van der Waals surface area contributed by atoms with Gasteiger partial charge in [-0.1, -0.05) is 31.7 Å². The van der Waals surface area contributed by atoms with Crippen molar-refractivity contribution in [3.63, 3.8) is 0 Å². The Morgan fingerprint density at radius 3 is 2.71 bits per heavy atom. The van der Waals surface area contributed by atoms with Crippen molar-refractivity contribution < 1.29 is 9.59 Å². The van der Waals surface area contributed by atoms with Gasteiger partial charge in [-0.25, -0.2) is 9.97 Å². The van der Waals surface area contributed by atoms with E-state index in [4.69, 9.17) is 0 Å². The molecule has 2 amide bonds. The molecule has 0 saturated carbocycles. The fraction of sp³-hybridized carbons (Fsp3) is 0.280. The summed E-state index contributed by atoms with van der Waals surface area (Å²) in [6.45, 7) is 7.05. The van der Waals surface area contributed by atoms with E-state index in [1.54, 1.807) is 24.3 Å². The van der Waals surface area contributed by atoms with E-state index in [-0.39, 0.29) is 11.8 Å². The van der Waals surface area contributed by atoms with Crippen LogP contribution in [0.3, 0.4) is 0 Å². The van der Waals surface area contributed by atoms with E-state index in [1.165, 1.54) is 0 Å². The van der Waals surface area contributed by atoms with Gasteiger partial charge in [-0.05, 0) is 49.1 Å². The van der Waals surface area contributed by atoms with Gasteiger partial charge in [0, 0.05) is 47.9 Å². The van der Waals surface area contributed by atoms with Gasteiger partial charge >= 0.3 is 0 Å². The number of rotatable bonds is 6. The van der Waals surface area contributed by atoms with Crippen molar-refractivity contribution in [2.24, 2.45) is 5.92 Å². The standard InChI is InChI=1S/C25H26N4O2/c1-3-17(2)24(30)27-21-10-8-19(9-11-21)25(31)29-13-12-18(16-29)14-23-26-15-20-6-4-5-7-22(20)28-23/h4-11,15,18H,2-3,12-14,16H2,1H3,(H,27,30)/t18-/m0/s1. The van der Waals surface area contributed by atoms with Gasteiger partial charge < -0.3 is 10.2 Å². The third-order valence-corrected chi connectivity index (χ3v) is 5.72. The number of hydrogen-bond acceptors (Lipinski definition) is 4. The van der Waals surface area contributed by atoms with Crippen LogP contribution in [0.4, 0.5) is 5.69 Å². The summed E-state index contributed by atoms with van der Waals surface area (Å²) < 4.78 is 0. The quantitative estimate of drug-likeness (QED) is 0.612. The lowest BCUT2D eigenvalue weighted by atomic mass is 10.0. The number of likely N-dealkylation sites (tertiary alicyclic amines) is 1. The molecule has 2 heterocycles. The normalized spacial score (nSPS) is 15.8. The summed E-state index contributed by atoms with van der Waals surface area (Å²) in [5, 5.41) is 3.83. The maximum Gasteiger partial charge on any atom is 0.253 e. The van der Waals surface area contributed by atoms with Crippen LogP contribution in [0.5, 0.6) is 0 Å². The molecule has 158 valence electrons. The summed E-state index contributed by atoms with van der Waals surface area (Å²) in [5.41, 5.74) is 2.76. The second kappa shape index (κ2) is 9.08. The van der Waals surface area contributed by atoms with Crippen molar-refractivity contribution in [3.8, 4) is 0 Å². The van der Waals surface area contributed by atoms with E-state index in [2.05, 4.69) is 21.9 Å². The molecule has 6 heteroatoms. The highest BCUT2D eigenvalue weighted by Gasteiger charge is 2.27. The Balaban J connectivity index is 1.35. The molecule has 2 aromatic carbocycles. The maximum absolute atomic E-state index is 12.9.